The van der Waals surface area contributed by atoms with E-state index in [9.17, 15) is 4.79 Å². The fourth-order valence-corrected chi connectivity index (χ4v) is 4.40. The predicted octanol–water partition coefficient (Wildman–Crippen LogP) is 7.78. The minimum Gasteiger partial charge on any atom is -0.353 e. The number of halogens is 2. The molecule has 0 aliphatic rings. The largest absolute Gasteiger partial charge is 0.353 e. The highest BCUT2D eigenvalue weighted by molar-refractivity contribution is 6.36. The van der Waals surface area contributed by atoms with Crippen molar-refractivity contribution < 1.29 is 4.79 Å². The van der Waals surface area contributed by atoms with Gasteiger partial charge >= 0.3 is 0 Å². The molecule has 0 aliphatic carbocycles. The quantitative estimate of drug-likeness (QED) is 0.405. The van der Waals surface area contributed by atoms with Crippen LogP contribution in [0.3, 0.4) is 0 Å². The molecule has 1 atom stereocenters. The number of carbonyl (C=O) groups excluding carboxylic acids is 1. The molecule has 31 heavy (non-hydrogen) atoms. The Morgan fingerprint density at radius 1 is 1.00 bits per heavy atom. The minimum absolute atomic E-state index is 0.0416. The zero-order valence-corrected chi connectivity index (χ0v) is 21.3. The first-order chi connectivity index (χ1) is 14.5. The van der Waals surface area contributed by atoms with E-state index in [2.05, 4.69) is 65.1 Å². The summed E-state index contributed by atoms with van der Waals surface area (Å²) in [6, 6.07) is 12.1. The van der Waals surface area contributed by atoms with Crippen molar-refractivity contribution in [2.24, 2.45) is 5.41 Å². The van der Waals surface area contributed by atoms with Gasteiger partial charge in [-0.2, -0.15) is 0 Å². The van der Waals surface area contributed by atoms with Crippen LogP contribution in [-0.2, 0) is 24.1 Å². The van der Waals surface area contributed by atoms with Crippen LogP contribution in [0.5, 0.6) is 0 Å². The van der Waals surface area contributed by atoms with Gasteiger partial charge in [-0.1, -0.05) is 89.0 Å². The van der Waals surface area contributed by atoms with Crippen LogP contribution in [0.25, 0.3) is 0 Å². The number of hydrogen-bond donors (Lipinski definition) is 1. The van der Waals surface area contributed by atoms with Crippen LogP contribution in [0.2, 0.25) is 10.0 Å². The highest BCUT2D eigenvalue weighted by Crippen LogP contribution is 2.29. The van der Waals surface area contributed by atoms with E-state index < -0.39 is 0 Å². The number of aryl methyl sites for hydroxylation is 1. The van der Waals surface area contributed by atoms with Crippen LogP contribution in [-0.4, -0.2) is 11.9 Å². The molecule has 0 saturated carbocycles. The number of nitrogens with one attached hydrogen (secondary N) is 1. The summed E-state index contributed by atoms with van der Waals surface area (Å²) in [7, 11) is 0. The van der Waals surface area contributed by atoms with E-state index in [4.69, 9.17) is 23.2 Å². The topological polar surface area (TPSA) is 29.1 Å². The number of carbonyl (C=O) groups is 1. The lowest BCUT2D eigenvalue weighted by atomic mass is 9.83. The average Bonchev–Trinajstić information content (AvgIpc) is 2.68. The highest BCUT2D eigenvalue weighted by atomic mass is 35.5. The summed E-state index contributed by atoms with van der Waals surface area (Å²) in [5.74, 6) is 0.403. The minimum atomic E-state index is -0.0416. The lowest BCUT2D eigenvalue weighted by molar-refractivity contribution is -0.121. The Bertz CT molecular complexity index is 863. The molecule has 0 saturated heterocycles. The monoisotopic (exact) mass is 461 g/mol. The summed E-state index contributed by atoms with van der Waals surface area (Å²) in [6.07, 6.45) is 4.09. The molecule has 0 spiro atoms. The van der Waals surface area contributed by atoms with Crippen molar-refractivity contribution in [2.75, 3.05) is 0 Å². The van der Waals surface area contributed by atoms with Gasteiger partial charge < -0.3 is 5.32 Å². The second-order valence-electron chi connectivity index (χ2n) is 9.95. The molecule has 0 aliphatic heterocycles. The molecule has 0 fully saturated rings. The third-order valence-corrected chi connectivity index (χ3v) is 6.49. The molecule has 0 aromatic heterocycles. The van der Waals surface area contributed by atoms with Gasteiger partial charge in [-0.15, -0.1) is 0 Å². The number of hydrogen-bond acceptors (Lipinski definition) is 1. The summed E-state index contributed by atoms with van der Waals surface area (Å²) >= 11 is 12.5. The fraction of sp³-hybridized carbons (Fsp3) is 0.519. The second-order valence-corrected chi connectivity index (χ2v) is 10.8. The lowest BCUT2D eigenvalue weighted by Gasteiger charge is -2.25. The molecule has 2 rings (SSSR count). The Labute approximate surface area is 198 Å². The van der Waals surface area contributed by atoms with Gasteiger partial charge in [0.2, 0.25) is 5.91 Å². The van der Waals surface area contributed by atoms with Crippen molar-refractivity contribution in [1.82, 2.24) is 5.32 Å². The van der Waals surface area contributed by atoms with Gasteiger partial charge in [0.15, 0.2) is 0 Å². The second kappa shape index (κ2) is 11.4. The van der Waals surface area contributed by atoms with Crippen molar-refractivity contribution in [3.05, 3.63) is 68.7 Å². The van der Waals surface area contributed by atoms with Crippen LogP contribution in [0.4, 0.5) is 0 Å². The normalized spacial score (nSPS) is 12.8. The van der Waals surface area contributed by atoms with Crippen LogP contribution in [0.15, 0.2) is 36.4 Å². The van der Waals surface area contributed by atoms with Crippen LogP contribution in [0, 0.1) is 5.41 Å². The van der Waals surface area contributed by atoms with E-state index in [-0.39, 0.29) is 23.8 Å². The van der Waals surface area contributed by atoms with Crippen LogP contribution >= 0.6 is 23.2 Å². The van der Waals surface area contributed by atoms with Crippen molar-refractivity contribution in [3.8, 4) is 0 Å². The molecule has 2 aromatic carbocycles. The van der Waals surface area contributed by atoms with Gasteiger partial charge in [-0.25, -0.2) is 0 Å². The number of benzene rings is 2. The molecule has 0 heterocycles. The van der Waals surface area contributed by atoms with E-state index in [0.717, 1.165) is 25.7 Å². The van der Waals surface area contributed by atoms with Crippen molar-refractivity contribution >= 4 is 29.1 Å². The maximum Gasteiger partial charge on any atom is 0.224 e. The summed E-state index contributed by atoms with van der Waals surface area (Å²) < 4.78 is 0. The number of rotatable bonds is 9. The van der Waals surface area contributed by atoms with Crippen molar-refractivity contribution in [3.63, 3.8) is 0 Å². The zero-order chi connectivity index (χ0) is 23.2. The SMILES string of the molecule is CCC(Cc1c(CCC(C)(C)C)cccc1C(C)C)NC(=O)Cc1c(Cl)cccc1Cl. The zero-order valence-electron chi connectivity index (χ0n) is 19.8. The lowest BCUT2D eigenvalue weighted by Crippen LogP contribution is -2.37. The van der Waals surface area contributed by atoms with Crippen molar-refractivity contribution in [1.29, 1.82) is 0 Å². The molecule has 2 aromatic rings. The third kappa shape index (κ3) is 7.84. The Balaban J connectivity index is 2.20. The van der Waals surface area contributed by atoms with Gasteiger partial charge in [0.1, 0.15) is 0 Å². The van der Waals surface area contributed by atoms with Gasteiger partial charge in [0, 0.05) is 16.1 Å². The molecule has 170 valence electrons. The van der Waals surface area contributed by atoms with Gasteiger partial charge in [0.05, 0.1) is 6.42 Å². The van der Waals surface area contributed by atoms with Crippen molar-refractivity contribution in [2.45, 2.75) is 85.6 Å². The first-order valence-corrected chi connectivity index (χ1v) is 12.1. The molecule has 1 amide bonds. The van der Waals surface area contributed by atoms with Gasteiger partial charge in [-0.05, 0) is 71.4 Å². The first-order valence-electron chi connectivity index (χ1n) is 11.3. The van der Waals surface area contributed by atoms with Gasteiger partial charge in [0.25, 0.3) is 0 Å². The van der Waals surface area contributed by atoms with E-state index >= 15 is 0 Å². The van der Waals surface area contributed by atoms with Crippen LogP contribution < -0.4 is 5.32 Å². The smallest absolute Gasteiger partial charge is 0.224 e. The summed E-state index contributed by atoms with van der Waals surface area (Å²) in [5.41, 5.74) is 5.16. The maximum atomic E-state index is 12.8. The fourth-order valence-electron chi connectivity index (χ4n) is 3.87. The summed E-state index contributed by atoms with van der Waals surface area (Å²) in [4.78, 5) is 12.8. The molecule has 4 heteroatoms. The highest BCUT2D eigenvalue weighted by Gasteiger charge is 2.20. The Hall–Kier alpha value is -1.51. The van der Waals surface area contributed by atoms with Crippen LogP contribution in [0.1, 0.15) is 82.6 Å². The van der Waals surface area contributed by atoms with E-state index in [1.54, 1.807) is 18.2 Å². The van der Waals surface area contributed by atoms with E-state index in [1.807, 2.05) is 0 Å². The summed E-state index contributed by atoms with van der Waals surface area (Å²) in [6.45, 7) is 13.5. The molecule has 0 radical (unpaired) electrons. The molecule has 2 nitrogen and oxygen atoms in total. The number of amides is 1. The first kappa shape index (κ1) is 25.7. The Morgan fingerprint density at radius 2 is 1.61 bits per heavy atom. The van der Waals surface area contributed by atoms with E-state index in [0.29, 0.717) is 21.5 Å². The van der Waals surface area contributed by atoms with Gasteiger partial charge in [-0.3, -0.25) is 4.79 Å². The standard InChI is InChI=1S/C27H37Cl2NO/c1-7-20(30-26(31)17-23-24(28)12-9-13-25(23)29)16-22-19(14-15-27(4,5)6)10-8-11-21(22)18(2)3/h8-13,18,20H,7,14-17H2,1-6H3,(H,30,31). The maximum absolute atomic E-state index is 12.8. The molecule has 1 unspecified atom stereocenters. The predicted molar refractivity (Wildman–Crippen MR) is 134 cm³/mol. The Morgan fingerprint density at radius 3 is 2.16 bits per heavy atom. The molecular formula is C27H37Cl2NO. The molecule has 1 N–H and O–H groups in total. The van der Waals surface area contributed by atoms with E-state index in [1.165, 1.54) is 16.7 Å². The molecule has 0 bridgehead atoms. The summed E-state index contributed by atoms with van der Waals surface area (Å²) in [5, 5.41) is 4.29. The average molecular weight is 463 g/mol. The third-order valence-electron chi connectivity index (χ3n) is 5.78. The molecular weight excluding hydrogens is 425 g/mol. The Kier molecular flexibility index (Phi) is 9.45.